The fraction of sp³-hybridized carbons (Fsp3) is 0.0909. The van der Waals surface area contributed by atoms with E-state index >= 15 is 0 Å². The molecular weight excluding hydrogens is 284 g/mol. The summed E-state index contributed by atoms with van der Waals surface area (Å²) in [4.78, 5) is 4.28. The molecule has 2 heterocycles. The van der Waals surface area contributed by atoms with Crippen molar-refractivity contribution in [2.24, 2.45) is 10.9 Å². The van der Waals surface area contributed by atoms with Crippen LogP contribution in [-0.2, 0) is 0 Å². The van der Waals surface area contributed by atoms with Gasteiger partial charge in [-0.1, -0.05) is 5.16 Å². The third-order valence-electron chi connectivity index (χ3n) is 2.41. The Hall–Kier alpha value is -1.82. The number of rotatable bonds is 2. The molecule has 5 nitrogen and oxygen atoms in total. The van der Waals surface area contributed by atoms with E-state index in [9.17, 15) is 0 Å². The molecule has 0 saturated heterocycles. The molecule has 0 saturated carbocycles. The Labute approximate surface area is 107 Å². The second-order valence-corrected chi connectivity index (χ2v) is 4.31. The average molecular weight is 295 g/mol. The zero-order valence-electron chi connectivity index (χ0n) is 9.13. The van der Waals surface area contributed by atoms with Crippen LogP contribution in [-0.4, -0.2) is 20.6 Å². The second kappa shape index (κ2) is 4.58. The molecule has 2 aromatic rings. The van der Waals surface area contributed by atoms with Gasteiger partial charge in [-0.25, -0.2) is 4.98 Å². The number of nitrogens with zero attached hydrogens (tertiary/aromatic N) is 3. The number of nitrogens with two attached hydrogens (primary N) is 1. The highest BCUT2D eigenvalue weighted by Crippen LogP contribution is 2.23. The van der Waals surface area contributed by atoms with Gasteiger partial charge in [0.2, 0.25) is 0 Å². The second-order valence-electron chi connectivity index (χ2n) is 3.51. The van der Waals surface area contributed by atoms with Crippen molar-refractivity contribution >= 4 is 21.8 Å². The topological polar surface area (TPSA) is 76.4 Å². The van der Waals surface area contributed by atoms with E-state index in [1.54, 1.807) is 23.0 Å². The predicted octanol–water partition coefficient (Wildman–Crippen LogP) is 2.04. The number of aromatic nitrogens is 2. The van der Waals surface area contributed by atoms with E-state index in [1.165, 1.54) is 0 Å². The number of hydrogen-bond acceptors (Lipinski definition) is 3. The van der Waals surface area contributed by atoms with Crippen molar-refractivity contribution < 1.29 is 5.21 Å². The Morgan fingerprint density at radius 2 is 2.29 bits per heavy atom. The van der Waals surface area contributed by atoms with Crippen molar-refractivity contribution in [3.63, 3.8) is 0 Å². The number of aryl methyl sites for hydroxylation is 1. The van der Waals surface area contributed by atoms with Crippen LogP contribution >= 0.6 is 15.9 Å². The van der Waals surface area contributed by atoms with E-state index in [0.29, 0.717) is 11.5 Å². The van der Waals surface area contributed by atoms with Crippen molar-refractivity contribution in [1.29, 1.82) is 0 Å². The molecule has 0 aliphatic carbocycles. The van der Waals surface area contributed by atoms with Crippen molar-refractivity contribution in [2.75, 3.05) is 0 Å². The first-order valence-corrected chi connectivity index (χ1v) is 5.71. The minimum Gasteiger partial charge on any atom is -0.409 e. The third kappa shape index (κ3) is 2.03. The van der Waals surface area contributed by atoms with Gasteiger partial charge in [0.15, 0.2) is 11.7 Å². The molecule has 0 amide bonds. The molecule has 0 fully saturated rings. The molecule has 2 rings (SSSR count). The maximum atomic E-state index is 8.72. The summed E-state index contributed by atoms with van der Waals surface area (Å²) >= 11 is 3.48. The highest BCUT2D eigenvalue weighted by molar-refractivity contribution is 9.10. The summed E-state index contributed by atoms with van der Waals surface area (Å²) in [5.41, 5.74) is 7.25. The van der Waals surface area contributed by atoms with Gasteiger partial charge in [-0.3, -0.25) is 4.57 Å². The quantitative estimate of drug-likeness (QED) is 0.385. The van der Waals surface area contributed by atoms with Crippen molar-refractivity contribution in [2.45, 2.75) is 6.92 Å². The lowest BCUT2D eigenvalue weighted by molar-refractivity contribution is 0.318. The molecule has 0 aromatic carbocycles. The predicted molar refractivity (Wildman–Crippen MR) is 68.5 cm³/mol. The maximum Gasteiger partial charge on any atom is 0.187 e. The molecule has 3 N–H and O–H groups in total. The lowest BCUT2D eigenvalue weighted by atomic mass is 10.3. The molecule has 17 heavy (non-hydrogen) atoms. The lowest BCUT2D eigenvalue weighted by Crippen LogP contribution is -2.18. The first-order valence-electron chi connectivity index (χ1n) is 4.92. The van der Waals surface area contributed by atoms with E-state index in [4.69, 9.17) is 10.9 Å². The average Bonchev–Trinajstić information content (AvgIpc) is 2.80. The van der Waals surface area contributed by atoms with E-state index in [0.717, 1.165) is 10.0 Å². The third-order valence-corrected chi connectivity index (χ3v) is 3.39. The standard InChI is InChI=1S/C11H11BrN4O/c1-7-4-5-14-11(9(7)12)16-6-2-3-8(16)10(13)15-17/h2-6,17H,1H3,(H2,13,15). The lowest BCUT2D eigenvalue weighted by Gasteiger charge is -2.10. The summed E-state index contributed by atoms with van der Waals surface area (Å²) in [6.45, 7) is 1.97. The van der Waals surface area contributed by atoms with Crippen LogP contribution in [0.5, 0.6) is 0 Å². The van der Waals surface area contributed by atoms with Crippen molar-refractivity contribution in [1.82, 2.24) is 9.55 Å². The highest BCUT2D eigenvalue weighted by Gasteiger charge is 2.12. The Morgan fingerprint density at radius 3 is 3.00 bits per heavy atom. The van der Waals surface area contributed by atoms with Gasteiger partial charge in [0.25, 0.3) is 0 Å². The molecule has 0 spiro atoms. The minimum absolute atomic E-state index is 0.0465. The molecule has 0 aliphatic heterocycles. The fourth-order valence-corrected chi connectivity index (χ4v) is 1.94. The molecule has 6 heteroatoms. The molecule has 88 valence electrons. The number of hydrogen-bond donors (Lipinski definition) is 2. The molecule has 0 atom stereocenters. The highest BCUT2D eigenvalue weighted by atomic mass is 79.9. The van der Waals surface area contributed by atoms with E-state index in [-0.39, 0.29) is 5.84 Å². The number of amidine groups is 1. The first-order chi connectivity index (χ1) is 8.15. The van der Waals surface area contributed by atoms with Gasteiger partial charge in [-0.05, 0) is 46.6 Å². The monoisotopic (exact) mass is 294 g/mol. The molecule has 2 aromatic heterocycles. The van der Waals surface area contributed by atoms with Gasteiger partial charge in [0, 0.05) is 12.4 Å². The van der Waals surface area contributed by atoms with Gasteiger partial charge < -0.3 is 10.9 Å². The van der Waals surface area contributed by atoms with Crippen LogP contribution < -0.4 is 5.73 Å². The van der Waals surface area contributed by atoms with Crippen LogP contribution in [0.4, 0.5) is 0 Å². The van der Waals surface area contributed by atoms with E-state index in [2.05, 4.69) is 26.1 Å². The van der Waals surface area contributed by atoms with Crippen LogP contribution in [0.3, 0.4) is 0 Å². The van der Waals surface area contributed by atoms with Gasteiger partial charge in [-0.15, -0.1) is 0 Å². The normalized spacial score (nSPS) is 11.8. The van der Waals surface area contributed by atoms with Gasteiger partial charge in [0.1, 0.15) is 0 Å². The first kappa shape index (κ1) is 11.7. The molecule has 0 bridgehead atoms. The van der Waals surface area contributed by atoms with Crippen LogP contribution in [0.1, 0.15) is 11.3 Å². The Balaban J connectivity index is 2.62. The molecule has 0 aliphatic rings. The number of pyridine rings is 1. The largest absolute Gasteiger partial charge is 0.409 e. The van der Waals surface area contributed by atoms with Crippen LogP contribution in [0.25, 0.3) is 5.82 Å². The summed E-state index contributed by atoms with van der Waals surface area (Å²) in [6.07, 6.45) is 3.52. The van der Waals surface area contributed by atoms with E-state index in [1.807, 2.05) is 19.1 Å². The zero-order valence-corrected chi connectivity index (χ0v) is 10.7. The van der Waals surface area contributed by atoms with Crippen molar-refractivity contribution in [3.05, 3.63) is 46.3 Å². The SMILES string of the molecule is Cc1ccnc(-n2cccc2/C(N)=N/O)c1Br. The maximum absolute atomic E-state index is 8.72. The fourth-order valence-electron chi connectivity index (χ4n) is 1.52. The summed E-state index contributed by atoms with van der Waals surface area (Å²) in [7, 11) is 0. The minimum atomic E-state index is 0.0465. The number of oxime groups is 1. The smallest absolute Gasteiger partial charge is 0.187 e. The number of halogens is 1. The molecule has 0 radical (unpaired) electrons. The molecular formula is C11H11BrN4O. The van der Waals surface area contributed by atoms with Crippen LogP contribution in [0, 0.1) is 6.92 Å². The van der Waals surface area contributed by atoms with Crippen LogP contribution in [0.15, 0.2) is 40.2 Å². The van der Waals surface area contributed by atoms with Gasteiger partial charge in [-0.2, -0.15) is 0 Å². The summed E-state index contributed by atoms with van der Waals surface area (Å²) < 4.78 is 2.63. The molecule has 0 unspecified atom stereocenters. The Kier molecular flexibility index (Phi) is 3.14. The Bertz CT molecular complexity index is 577. The van der Waals surface area contributed by atoms with E-state index < -0.39 is 0 Å². The Morgan fingerprint density at radius 1 is 1.53 bits per heavy atom. The summed E-state index contributed by atoms with van der Waals surface area (Å²) in [5.74, 6) is 0.752. The summed E-state index contributed by atoms with van der Waals surface area (Å²) in [5, 5.41) is 11.7. The van der Waals surface area contributed by atoms with Crippen LogP contribution in [0.2, 0.25) is 0 Å². The van der Waals surface area contributed by atoms with Gasteiger partial charge >= 0.3 is 0 Å². The summed E-state index contributed by atoms with van der Waals surface area (Å²) in [6, 6.07) is 5.47. The van der Waals surface area contributed by atoms with Gasteiger partial charge in [0.05, 0.1) is 10.2 Å². The zero-order chi connectivity index (χ0) is 12.4. The van der Waals surface area contributed by atoms with Crippen molar-refractivity contribution in [3.8, 4) is 5.82 Å².